The molecule has 5 rings (SSSR count). The number of methoxy groups -OCH3 is 1. The van der Waals surface area contributed by atoms with Crippen LogP contribution < -0.4 is 25.8 Å². The largest absolute Gasteiger partial charge is 0.497 e. The fourth-order valence-corrected chi connectivity index (χ4v) is 5.55. The van der Waals surface area contributed by atoms with Gasteiger partial charge in [-0.3, -0.25) is 4.79 Å². The molecule has 1 aliphatic carbocycles. The molecule has 0 saturated heterocycles. The molecule has 0 radical (unpaired) electrons. The van der Waals surface area contributed by atoms with E-state index in [9.17, 15) is 9.90 Å². The summed E-state index contributed by atoms with van der Waals surface area (Å²) in [6.45, 7) is 8.30. The third-order valence-electron chi connectivity index (χ3n) is 7.27. The third-order valence-corrected chi connectivity index (χ3v) is 7.47. The number of ketones is 1. The molecule has 5 N–H and O–H groups in total. The van der Waals surface area contributed by atoms with Crippen LogP contribution in [0.25, 0.3) is 0 Å². The van der Waals surface area contributed by atoms with Gasteiger partial charge in [0.2, 0.25) is 11.3 Å². The Morgan fingerprint density at radius 1 is 1.05 bits per heavy atom. The van der Waals surface area contributed by atoms with E-state index in [1.165, 1.54) is 0 Å². The maximum atomic E-state index is 14.3. The standard InChI is InChI=1S/C29H31N3O4S/c1-15(2)17-13-20(16(3)4)25-22(14-17)28(32-27(37)31-18-9-11-19(35-5)12-10-18)26(33)24-21(29(28,34)36-25)7-6-8-23(24)30/h6-16,34H,30H2,1-5H3,(H2,31,32,37). The number of benzene rings is 3. The quantitative estimate of drug-likeness (QED) is 0.272. The number of anilines is 2. The van der Waals surface area contributed by atoms with E-state index in [4.69, 9.17) is 27.4 Å². The van der Waals surface area contributed by atoms with Crippen molar-refractivity contribution in [1.82, 2.24) is 5.32 Å². The van der Waals surface area contributed by atoms with Crippen LogP contribution in [0.4, 0.5) is 11.4 Å². The van der Waals surface area contributed by atoms with Crippen molar-refractivity contribution in [1.29, 1.82) is 0 Å². The van der Waals surface area contributed by atoms with Crippen LogP contribution in [0.15, 0.2) is 54.6 Å². The van der Waals surface area contributed by atoms with Gasteiger partial charge in [-0.1, -0.05) is 45.9 Å². The lowest BCUT2D eigenvalue weighted by atomic mass is 9.80. The van der Waals surface area contributed by atoms with E-state index in [1.54, 1.807) is 37.4 Å². The number of carbonyl (C=O) groups is 1. The molecule has 2 aliphatic rings. The predicted molar refractivity (Wildman–Crippen MR) is 148 cm³/mol. The van der Waals surface area contributed by atoms with Crippen LogP contribution >= 0.6 is 12.2 Å². The molecular formula is C29H31N3O4S. The summed E-state index contributed by atoms with van der Waals surface area (Å²) in [6.07, 6.45) is 0. The first kappa shape index (κ1) is 25.0. The first-order chi connectivity index (χ1) is 17.5. The smallest absolute Gasteiger partial charge is 0.271 e. The van der Waals surface area contributed by atoms with Gasteiger partial charge in [0.05, 0.1) is 12.7 Å². The number of aliphatic hydroxyl groups is 1. The minimum Gasteiger partial charge on any atom is -0.497 e. The first-order valence-electron chi connectivity index (χ1n) is 12.3. The van der Waals surface area contributed by atoms with Gasteiger partial charge in [0.25, 0.3) is 5.79 Å². The summed E-state index contributed by atoms with van der Waals surface area (Å²) in [4.78, 5) is 14.3. The zero-order valence-corrected chi connectivity index (χ0v) is 22.3. The number of nitrogen functional groups attached to an aromatic ring is 1. The highest BCUT2D eigenvalue weighted by atomic mass is 32.1. The number of hydrogen-bond donors (Lipinski definition) is 4. The van der Waals surface area contributed by atoms with Crippen molar-refractivity contribution in [3.63, 3.8) is 0 Å². The molecule has 7 nitrogen and oxygen atoms in total. The van der Waals surface area contributed by atoms with Gasteiger partial charge in [-0.25, -0.2) is 0 Å². The molecule has 0 fully saturated rings. The van der Waals surface area contributed by atoms with Gasteiger partial charge >= 0.3 is 0 Å². The summed E-state index contributed by atoms with van der Waals surface area (Å²) in [7, 11) is 1.60. The lowest BCUT2D eigenvalue weighted by molar-refractivity contribution is -0.167. The summed E-state index contributed by atoms with van der Waals surface area (Å²) in [5.74, 6) is -0.981. The molecular weight excluding hydrogens is 486 g/mol. The van der Waals surface area contributed by atoms with Crippen molar-refractivity contribution < 1.29 is 19.4 Å². The highest BCUT2D eigenvalue weighted by Gasteiger charge is 2.72. The van der Waals surface area contributed by atoms with Gasteiger partial charge in [0.15, 0.2) is 5.11 Å². The molecule has 0 amide bonds. The van der Waals surface area contributed by atoms with E-state index in [0.29, 0.717) is 28.3 Å². The van der Waals surface area contributed by atoms with E-state index in [1.807, 2.05) is 18.2 Å². The van der Waals surface area contributed by atoms with E-state index in [-0.39, 0.29) is 28.2 Å². The number of fused-ring (bicyclic) bond motifs is 5. The third kappa shape index (κ3) is 3.58. The number of ether oxygens (including phenoxy) is 2. The van der Waals surface area contributed by atoms with Crippen molar-refractivity contribution in [3.05, 3.63) is 82.4 Å². The van der Waals surface area contributed by atoms with Gasteiger partial charge in [0.1, 0.15) is 11.5 Å². The highest BCUT2D eigenvalue weighted by molar-refractivity contribution is 7.80. The molecule has 0 bridgehead atoms. The van der Waals surface area contributed by atoms with Crippen LogP contribution in [0.5, 0.6) is 11.5 Å². The molecule has 2 unspecified atom stereocenters. The van der Waals surface area contributed by atoms with Crippen LogP contribution in [-0.4, -0.2) is 23.1 Å². The maximum Gasteiger partial charge on any atom is 0.271 e. The molecule has 0 spiro atoms. The number of nitrogens with one attached hydrogen (secondary N) is 2. The van der Waals surface area contributed by atoms with Crippen LogP contribution in [0.1, 0.15) is 72.1 Å². The van der Waals surface area contributed by atoms with Crippen LogP contribution in [-0.2, 0) is 11.3 Å². The number of hydrogen-bond acceptors (Lipinski definition) is 6. The Hall–Kier alpha value is -3.62. The molecule has 3 aromatic rings. The molecule has 0 aromatic heterocycles. The van der Waals surface area contributed by atoms with Crippen molar-refractivity contribution >= 4 is 34.5 Å². The van der Waals surface area contributed by atoms with E-state index in [0.717, 1.165) is 11.1 Å². The predicted octanol–water partition coefficient (Wildman–Crippen LogP) is 5.14. The summed E-state index contributed by atoms with van der Waals surface area (Å²) in [5, 5.41) is 18.8. The second kappa shape index (κ2) is 8.75. The van der Waals surface area contributed by atoms with Gasteiger partial charge in [-0.15, -0.1) is 0 Å². The highest BCUT2D eigenvalue weighted by Crippen LogP contribution is 2.60. The zero-order valence-electron chi connectivity index (χ0n) is 21.5. The Morgan fingerprint density at radius 2 is 1.76 bits per heavy atom. The fraction of sp³-hybridized carbons (Fsp3) is 0.310. The Bertz CT molecular complexity index is 1420. The van der Waals surface area contributed by atoms with Gasteiger partial charge in [0, 0.05) is 22.5 Å². The van der Waals surface area contributed by atoms with Gasteiger partial charge < -0.3 is 30.9 Å². The Kier molecular flexibility index (Phi) is 5.92. The SMILES string of the molecule is COc1ccc(NC(=S)NC23C(=O)c4c(N)cccc4C2(O)Oc2c(C(C)C)cc(C(C)C)cc23)cc1. The van der Waals surface area contributed by atoms with Crippen molar-refractivity contribution in [2.75, 3.05) is 18.2 Å². The second-order valence-corrected chi connectivity index (χ2v) is 10.6. The summed E-state index contributed by atoms with van der Waals surface area (Å²) >= 11 is 5.69. The number of nitrogens with two attached hydrogens (primary N) is 1. The first-order valence-corrected chi connectivity index (χ1v) is 12.7. The van der Waals surface area contributed by atoms with Crippen molar-refractivity contribution in [3.8, 4) is 11.5 Å². The van der Waals surface area contributed by atoms with Gasteiger partial charge in [-0.05, 0) is 71.6 Å². The number of thiocarbonyl (C=S) groups is 1. The molecule has 1 heterocycles. The lowest BCUT2D eigenvalue weighted by Gasteiger charge is -2.35. The summed E-state index contributed by atoms with van der Waals surface area (Å²) < 4.78 is 11.6. The van der Waals surface area contributed by atoms with Crippen LogP contribution in [0.2, 0.25) is 0 Å². The minimum atomic E-state index is -2.05. The summed E-state index contributed by atoms with van der Waals surface area (Å²) in [5.41, 5.74) is 8.54. The summed E-state index contributed by atoms with van der Waals surface area (Å²) in [6, 6.07) is 16.3. The van der Waals surface area contributed by atoms with Crippen LogP contribution in [0, 0.1) is 0 Å². The van der Waals surface area contributed by atoms with Crippen molar-refractivity contribution in [2.45, 2.75) is 50.9 Å². The molecule has 1 aliphatic heterocycles. The van der Waals surface area contributed by atoms with E-state index < -0.39 is 17.1 Å². The van der Waals surface area contributed by atoms with Crippen molar-refractivity contribution in [2.24, 2.45) is 0 Å². The molecule has 37 heavy (non-hydrogen) atoms. The molecule has 0 saturated carbocycles. The number of rotatable bonds is 5. The number of Topliss-reactive ketones (excluding diaryl/α,β-unsaturated/α-hetero) is 1. The zero-order chi connectivity index (χ0) is 26.7. The molecule has 2 atom stereocenters. The van der Waals surface area contributed by atoms with E-state index in [2.05, 4.69) is 44.4 Å². The second-order valence-electron chi connectivity index (χ2n) is 10.2. The Labute approximate surface area is 222 Å². The normalized spacial score (nSPS) is 21.4. The number of carbonyl (C=O) groups excluding carboxylic acids is 1. The average Bonchev–Trinajstić information content (AvgIpc) is 3.21. The topological polar surface area (TPSA) is 106 Å². The average molecular weight is 518 g/mol. The maximum absolute atomic E-state index is 14.3. The lowest BCUT2D eigenvalue weighted by Crippen LogP contribution is -2.60. The Morgan fingerprint density at radius 3 is 2.38 bits per heavy atom. The molecule has 3 aromatic carbocycles. The van der Waals surface area contributed by atoms with Crippen LogP contribution in [0.3, 0.4) is 0 Å². The molecule has 8 heteroatoms. The van der Waals surface area contributed by atoms with Gasteiger partial charge in [-0.2, -0.15) is 0 Å². The Balaban J connectivity index is 1.69. The fourth-order valence-electron chi connectivity index (χ4n) is 5.28. The molecule has 192 valence electrons. The monoisotopic (exact) mass is 517 g/mol. The minimum absolute atomic E-state index is 0.0896. The van der Waals surface area contributed by atoms with E-state index >= 15 is 0 Å².